The van der Waals surface area contributed by atoms with Crippen LogP contribution in [0.4, 0.5) is 0 Å². The Labute approximate surface area is 125 Å². The summed E-state index contributed by atoms with van der Waals surface area (Å²) in [5.41, 5.74) is 1.42. The molecule has 0 amide bonds. The Hall–Kier alpha value is -0.380. The fourth-order valence-electron chi connectivity index (χ4n) is 3.04. The molecular weight excluding hydrogens is 300 g/mol. The lowest BCUT2D eigenvalue weighted by Crippen LogP contribution is -2.43. The fourth-order valence-corrected chi connectivity index (χ4v) is 3.31. The molecule has 0 aliphatic carbocycles. The monoisotopic (exact) mass is 324 g/mol. The molecule has 1 fully saturated rings. The predicted octanol–water partition coefficient (Wildman–Crippen LogP) is 3.97. The number of halogens is 1. The number of nitrogens with one attached hydrogen (secondary N) is 1. The van der Waals surface area contributed by atoms with E-state index in [0.717, 1.165) is 17.4 Å². The molecule has 2 unspecified atom stereocenters. The van der Waals surface area contributed by atoms with Gasteiger partial charge in [-0.05, 0) is 50.6 Å². The fraction of sp³-hybridized carbons (Fsp3) is 0.625. The van der Waals surface area contributed by atoms with Crippen LogP contribution in [-0.2, 0) is 0 Å². The molecule has 0 radical (unpaired) electrons. The van der Waals surface area contributed by atoms with E-state index in [0.29, 0.717) is 12.1 Å². The van der Waals surface area contributed by atoms with Gasteiger partial charge in [0.1, 0.15) is 0 Å². The van der Waals surface area contributed by atoms with Crippen LogP contribution in [0.5, 0.6) is 0 Å². The average Bonchev–Trinajstić information content (AvgIpc) is 2.43. The normalized spacial score (nSPS) is 21.6. The summed E-state index contributed by atoms with van der Waals surface area (Å²) >= 11 is 3.51. The Bertz CT molecular complexity index is 371. The van der Waals surface area contributed by atoms with E-state index < -0.39 is 0 Å². The van der Waals surface area contributed by atoms with E-state index in [1.807, 2.05) is 0 Å². The van der Waals surface area contributed by atoms with E-state index in [9.17, 15) is 0 Å². The molecule has 1 aliphatic heterocycles. The molecule has 1 aromatic rings. The van der Waals surface area contributed by atoms with Crippen molar-refractivity contribution in [3.05, 3.63) is 34.3 Å². The van der Waals surface area contributed by atoms with Gasteiger partial charge in [-0.1, -0.05) is 41.4 Å². The standard InChI is InChI=1S/C16H25BrN2/c1-3-16(13-7-9-14(17)10-8-13)19(2)12-15-6-4-5-11-18-15/h7-10,15-16,18H,3-6,11-12H2,1-2H3. The Morgan fingerprint density at radius 1 is 1.32 bits per heavy atom. The van der Waals surface area contributed by atoms with E-state index >= 15 is 0 Å². The molecule has 1 heterocycles. The first-order valence-corrected chi connectivity index (χ1v) is 8.19. The summed E-state index contributed by atoms with van der Waals surface area (Å²) in [5, 5.41) is 3.64. The lowest BCUT2D eigenvalue weighted by Gasteiger charge is -2.33. The number of hydrogen-bond acceptors (Lipinski definition) is 2. The van der Waals surface area contributed by atoms with Gasteiger partial charge in [-0.2, -0.15) is 0 Å². The van der Waals surface area contributed by atoms with Crippen molar-refractivity contribution in [3.8, 4) is 0 Å². The first kappa shape index (κ1) is 15.0. The minimum absolute atomic E-state index is 0.525. The van der Waals surface area contributed by atoms with Crippen LogP contribution >= 0.6 is 15.9 Å². The van der Waals surface area contributed by atoms with Gasteiger partial charge >= 0.3 is 0 Å². The van der Waals surface area contributed by atoms with Gasteiger partial charge in [0.15, 0.2) is 0 Å². The Morgan fingerprint density at radius 3 is 2.63 bits per heavy atom. The summed E-state index contributed by atoms with van der Waals surface area (Å²) in [5.74, 6) is 0. The minimum Gasteiger partial charge on any atom is -0.313 e. The van der Waals surface area contributed by atoms with Crippen LogP contribution in [0.25, 0.3) is 0 Å². The molecule has 19 heavy (non-hydrogen) atoms. The number of nitrogens with zero attached hydrogens (tertiary/aromatic N) is 1. The second kappa shape index (κ2) is 7.41. The van der Waals surface area contributed by atoms with Crippen molar-refractivity contribution in [1.82, 2.24) is 10.2 Å². The maximum absolute atomic E-state index is 3.64. The lowest BCUT2D eigenvalue weighted by atomic mass is 10.0. The summed E-state index contributed by atoms with van der Waals surface area (Å²) in [6, 6.07) is 9.96. The number of hydrogen-bond donors (Lipinski definition) is 1. The molecule has 1 aromatic carbocycles. The van der Waals surface area contributed by atoms with Crippen LogP contribution in [0.3, 0.4) is 0 Å². The van der Waals surface area contributed by atoms with Crippen LogP contribution in [0.15, 0.2) is 28.7 Å². The molecule has 2 nitrogen and oxygen atoms in total. The molecule has 0 bridgehead atoms. The highest BCUT2D eigenvalue weighted by molar-refractivity contribution is 9.10. The highest BCUT2D eigenvalue weighted by Crippen LogP contribution is 2.25. The van der Waals surface area contributed by atoms with Gasteiger partial charge in [-0.15, -0.1) is 0 Å². The summed E-state index contributed by atoms with van der Waals surface area (Å²) in [7, 11) is 2.26. The van der Waals surface area contributed by atoms with Crippen LogP contribution in [-0.4, -0.2) is 31.1 Å². The van der Waals surface area contributed by atoms with Crippen molar-refractivity contribution in [2.45, 2.75) is 44.7 Å². The van der Waals surface area contributed by atoms with Crippen LogP contribution < -0.4 is 5.32 Å². The van der Waals surface area contributed by atoms with Gasteiger partial charge in [0, 0.05) is 23.1 Å². The molecule has 0 aromatic heterocycles. The summed E-state index contributed by atoms with van der Waals surface area (Å²) < 4.78 is 1.16. The molecule has 1 aliphatic rings. The van der Waals surface area contributed by atoms with E-state index in [1.165, 1.54) is 31.4 Å². The lowest BCUT2D eigenvalue weighted by molar-refractivity contribution is 0.199. The Balaban J connectivity index is 1.97. The quantitative estimate of drug-likeness (QED) is 0.881. The van der Waals surface area contributed by atoms with Crippen molar-refractivity contribution in [1.29, 1.82) is 0 Å². The smallest absolute Gasteiger partial charge is 0.0343 e. The largest absolute Gasteiger partial charge is 0.313 e. The minimum atomic E-state index is 0.525. The third-order valence-corrected chi connectivity index (χ3v) is 4.62. The van der Waals surface area contributed by atoms with Crippen LogP contribution in [0, 0.1) is 0 Å². The molecule has 106 valence electrons. The van der Waals surface area contributed by atoms with Crippen molar-refractivity contribution in [3.63, 3.8) is 0 Å². The molecule has 0 spiro atoms. The van der Waals surface area contributed by atoms with Crippen LogP contribution in [0.1, 0.15) is 44.2 Å². The summed E-state index contributed by atoms with van der Waals surface area (Å²) in [6.07, 6.45) is 5.19. The number of benzene rings is 1. The Kier molecular flexibility index (Phi) is 5.86. The number of piperidine rings is 1. The van der Waals surface area contributed by atoms with E-state index in [4.69, 9.17) is 0 Å². The molecule has 2 rings (SSSR count). The summed E-state index contributed by atoms with van der Waals surface area (Å²) in [4.78, 5) is 2.51. The maximum atomic E-state index is 3.64. The van der Waals surface area contributed by atoms with Gasteiger partial charge in [-0.3, -0.25) is 4.90 Å². The second-order valence-electron chi connectivity index (χ2n) is 5.56. The van der Waals surface area contributed by atoms with Crippen molar-refractivity contribution < 1.29 is 0 Å². The van der Waals surface area contributed by atoms with Gasteiger partial charge in [0.05, 0.1) is 0 Å². The summed E-state index contributed by atoms with van der Waals surface area (Å²) in [6.45, 7) is 4.61. The van der Waals surface area contributed by atoms with Crippen molar-refractivity contribution in [2.75, 3.05) is 20.1 Å². The van der Waals surface area contributed by atoms with Crippen LogP contribution in [0.2, 0.25) is 0 Å². The highest BCUT2D eigenvalue weighted by atomic mass is 79.9. The number of rotatable bonds is 5. The molecule has 1 saturated heterocycles. The molecule has 3 heteroatoms. The van der Waals surface area contributed by atoms with Crippen molar-refractivity contribution >= 4 is 15.9 Å². The molecule has 2 atom stereocenters. The van der Waals surface area contributed by atoms with E-state index in [1.54, 1.807) is 0 Å². The average molecular weight is 325 g/mol. The molecular formula is C16H25BrN2. The highest BCUT2D eigenvalue weighted by Gasteiger charge is 2.20. The van der Waals surface area contributed by atoms with Gasteiger partial charge in [0.2, 0.25) is 0 Å². The molecule has 0 saturated carbocycles. The SMILES string of the molecule is CCC(c1ccc(Br)cc1)N(C)CC1CCCCN1. The Morgan fingerprint density at radius 2 is 2.05 bits per heavy atom. The first-order valence-electron chi connectivity index (χ1n) is 7.39. The predicted molar refractivity (Wildman–Crippen MR) is 85.4 cm³/mol. The van der Waals surface area contributed by atoms with Gasteiger partial charge < -0.3 is 5.32 Å². The first-order chi connectivity index (χ1) is 9.20. The second-order valence-corrected chi connectivity index (χ2v) is 6.48. The maximum Gasteiger partial charge on any atom is 0.0343 e. The van der Waals surface area contributed by atoms with E-state index in [2.05, 4.69) is 64.4 Å². The van der Waals surface area contributed by atoms with E-state index in [-0.39, 0.29) is 0 Å². The van der Waals surface area contributed by atoms with Gasteiger partial charge in [0.25, 0.3) is 0 Å². The topological polar surface area (TPSA) is 15.3 Å². The number of likely N-dealkylation sites (N-methyl/N-ethyl adjacent to an activating group) is 1. The molecule has 1 N–H and O–H groups in total. The zero-order valence-corrected chi connectivity index (χ0v) is 13.6. The van der Waals surface area contributed by atoms with Crippen molar-refractivity contribution in [2.24, 2.45) is 0 Å². The third kappa shape index (κ3) is 4.30. The van der Waals surface area contributed by atoms with Gasteiger partial charge in [-0.25, -0.2) is 0 Å². The zero-order valence-electron chi connectivity index (χ0n) is 12.0. The zero-order chi connectivity index (χ0) is 13.7. The third-order valence-electron chi connectivity index (χ3n) is 4.09.